The lowest BCUT2D eigenvalue weighted by Crippen LogP contribution is -2.55. The Morgan fingerprint density at radius 3 is 2.21 bits per heavy atom. The summed E-state index contributed by atoms with van der Waals surface area (Å²) >= 11 is 0. The maximum atomic E-state index is 12.4. The summed E-state index contributed by atoms with van der Waals surface area (Å²) in [4.78, 5) is 36.7. The number of hydrogen-bond donors (Lipinski definition) is 1. The number of nitrogens with one attached hydrogen (secondary N) is 1. The van der Waals surface area contributed by atoms with Crippen molar-refractivity contribution in [2.45, 2.75) is 13.8 Å². The molecule has 10 heteroatoms. The van der Waals surface area contributed by atoms with Crippen molar-refractivity contribution in [3.63, 3.8) is 0 Å². The number of rotatable bonds is 6. The third-order valence-electron chi connectivity index (χ3n) is 4.93. The van der Waals surface area contributed by atoms with Crippen LogP contribution in [0.2, 0.25) is 0 Å². The molecule has 2 rings (SSSR count). The number of piperazine rings is 1. The summed E-state index contributed by atoms with van der Waals surface area (Å²) in [6.45, 7) is 11.5. The van der Waals surface area contributed by atoms with E-state index in [0.717, 1.165) is 38.7 Å². The smallest absolute Gasteiger partial charge is 0.243 e. The molecule has 0 radical (unpaired) electrons. The van der Waals surface area contributed by atoms with Crippen LogP contribution in [0.5, 0.6) is 0 Å². The number of carbonyl (C=O) groups is 2. The molecule has 0 aliphatic carbocycles. The third-order valence-corrected chi connectivity index (χ3v) is 4.93. The lowest BCUT2D eigenvalue weighted by Gasteiger charge is -2.37. The molecule has 2 heterocycles. The van der Waals surface area contributed by atoms with E-state index in [1.54, 1.807) is 19.0 Å². The van der Waals surface area contributed by atoms with E-state index in [1.807, 2.05) is 4.90 Å². The number of likely N-dealkylation sites (N-methyl/N-ethyl adjacent to an activating group) is 1. The first-order valence-corrected chi connectivity index (χ1v) is 10.2. The minimum atomic E-state index is -0.0152. The number of carbonyl (C=O) groups excluding carboxylic acids is 2. The topological polar surface area (TPSA) is 80.7 Å². The van der Waals surface area contributed by atoms with Crippen molar-refractivity contribution in [3.8, 4) is 0 Å². The second kappa shape index (κ2) is 13.2. The highest BCUT2D eigenvalue weighted by Crippen LogP contribution is 2.05. The fraction of sp³-hybridized carbons (Fsp3) is 0.842. The van der Waals surface area contributed by atoms with Crippen molar-refractivity contribution in [1.82, 2.24) is 24.9 Å². The average Bonchev–Trinajstić information content (AvgIpc) is 2.69. The molecule has 0 unspecified atom stereocenters. The van der Waals surface area contributed by atoms with Crippen LogP contribution in [-0.2, 0) is 14.3 Å². The lowest BCUT2D eigenvalue weighted by molar-refractivity contribution is -0.136. The normalized spacial score (nSPS) is 18.4. The molecule has 2 aliphatic rings. The van der Waals surface area contributed by atoms with Crippen LogP contribution in [-0.4, -0.2) is 124 Å². The van der Waals surface area contributed by atoms with Crippen molar-refractivity contribution in [2.75, 3.05) is 86.2 Å². The first-order valence-electron chi connectivity index (χ1n) is 10.2. The number of hydrogen-bond acceptors (Lipinski definition) is 5. The Morgan fingerprint density at radius 1 is 1.03 bits per heavy atom. The second-order valence-electron chi connectivity index (χ2n) is 7.96. The molecule has 0 aromatic heterocycles. The van der Waals surface area contributed by atoms with Crippen molar-refractivity contribution < 1.29 is 14.3 Å². The van der Waals surface area contributed by atoms with Gasteiger partial charge in [-0.05, 0) is 5.92 Å². The van der Waals surface area contributed by atoms with Crippen LogP contribution < -0.4 is 5.32 Å². The summed E-state index contributed by atoms with van der Waals surface area (Å²) in [5, 5.41) is 3.39. The van der Waals surface area contributed by atoms with Crippen LogP contribution in [0.25, 0.3) is 0 Å². The Bertz CT molecular complexity index is 544. The zero-order valence-electron chi connectivity index (χ0n) is 18.2. The maximum Gasteiger partial charge on any atom is 0.243 e. The van der Waals surface area contributed by atoms with Gasteiger partial charge >= 0.3 is 0 Å². The molecule has 0 spiro atoms. The Labute approximate surface area is 191 Å². The highest BCUT2D eigenvalue weighted by Gasteiger charge is 2.24. The molecule has 9 nitrogen and oxygen atoms in total. The predicted molar refractivity (Wildman–Crippen MR) is 125 cm³/mol. The summed E-state index contributed by atoms with van der Waals surface area (Å²) in [7, 11) is 3.48. The van der Waals surface area contributed by atoms with E-state index >= 15 is 0 Å². The average molecular weight is 524 g/mol. The van der Waals surface area contributed by atoms with Gasteiger partial charge in [0.2, 0.25) is 11.8 Å². The molecule has 2 saturated heterocycles. The molecular weight excluding hydrogens is 487 g/mol. The first-order chi connectivity index (χ1) is 13.4. The van der Waals surface area contributed by atoms with Gasteiger partial charge in [0.15, 0.2) is 5.96 Å². The van der Waals surface area contributed by atoms with E-state index in [-0.39, 0.29) is 42.3 Å². The fourth-order valence-electron chi connectivity index (χ4n) is 3.07. The predicted octanol–water partition coefficient (Wildman–Crippen LogP) is -0.229. The van der Waals surface area contributed by atoms with Gasteiger partial charge in [-0.25, -0.2) is 4.99 Å². The minimum Gasteiger partial charge on any atom is -0.378 e. The van der Waals surface area contributed by atoms with Crippen molar-refractivity contribution in [1.29, 1.82) is 0 Å². The number of aliphatic imine (C=N–C) groups is 1. The fourth-order valence-corrected chi connectivity index (χ4v) is 3.07. The molecule has 0 saturated carbocycles. The van der Waals surface area contributed by atoms with Crippen molar-refractivity contribution in [2.24, 2.45) is 10.9 Å². The third kappa shape index (κ3) is 9.04. The quantitative estimate of drug-likeness (QED) is 0.294. The van der Waals surface area contributed by atoms with E-state index in [2.05, 4.69) is 34.0 Å². The van der Waals surface area contributed by atoms with E-state index in [4.69, 9.17) is 4.74 Å². The monoisotopic (exact) mass is 524 g/mol. The van der Waals surface area contributed by atoms with Gasteiger partial charge < -0.3 is 24.8 Å². The first kappa shape index (κ1) is 25.9. The van der Waals surface area contributed by atoms with Gasteiger partial charge in [0.05, 0.1) is 19.8 Å². The molecule has 2 fully saturated rings. The van der Waals surface area contributed by atoms with Gasteiger partial charge in [0, 0.05) is 59.9 Å². The van der Waals surface area contributed by atoms with E-state index in [1.165, 1.54) is 0 Å². The minimum absolute atomic E-state index is 0. The number of amides is 2. The van der Waals surface area contributed by atoms with Crippen molar-refractivity contribution >= 4 is 41.8 Å². The Morgan fingerprint density at radius 2 is 1.66 bits per heavy atom. The molecule has 0 aromatic carbocycles. The van der Waals surface area contributed by atoms with Crippen LogP contribution in [0.4, 0.5) is 0 Å². The van der Waals surface area contributed by atoms with Crippen molar-refractivity contribution in [3.05, 3.63) is 0 Å². The number of guanidine groups is 1. The summed E-state index contributed by atoms with van der Waals surface area (Å²) in [5.74, 6) is 1.43. The van der Waals surface area contributed by atoms with Gasteiger partial charge in [-0.3, -0.25) is 14.5 Å². The standard InChI is InChI=1S/C19H36N6O3.HI/c1-16(2)13-20-19(21-14-17(26)22(3)4)25-7-5-23(6-8-25)15-18(27)24-9-11-28-12-10-24;/h16H,5-15H2,1-4H3,(H,20,21);1H. The number of nitrogens with zero attached hydrogens (tertiary/aromatic N) is 5. The van der Waals surface area contributed by atoms with Gasteiger partial charge in [-0.1, -0.05) is 13.8 Å². The SMILES string of the molecule is CC(C)CNC(=NCC(=O)N(C)C)N1CCN(CC(=O)N2CCOCC2)CC1.I. The lowest BCUT2D eigenvalue weighted by atomic mass is 10.2. The summed E-state index contributed by atoms with van der Waals surface area (Å²) in [6, 6.07) is 0. The number of morpholine rings is 1. The van der Waals surface area contributed by atoms with Gasteiger partial charge in [0.1, 0.15) is 6.54 Å². The Hall–Kier alpha value is -1.14. The number of halogens is 1. The zero-order valence-corrected chi connectivity index (χ0v) is 20.6. The molecule has 1 N–H and O–H groups in total. The molecule has 168 valence electrons. The number of ether oxygens (including phenoxy) is 1. The van der Waals surface area contributed by atoms with Crippen LogP contribution in [0, 0.1) is 5.92 Å². The molecule has 29 heavy (non-hydrogen) atoms. The maximum absolute atomic E-state index is 12.4. The van der Waals surface area contributed by atoms with Gasteiger partial charge in [-0.15, -0.1) is 24.0 Å². The summed E-state index contributed by atoms with van der Waals surface area (Å²) < 4.78 is 5.31. The highest BCUT2D eigenvalue weighted by atomic mass is 127. The molecule has 0 bridgehead atoms. The molecular formula is C19H37IN6O3. The molecule has 2 aliphatic heterocycles. The molecule has 0 atom stereocenters. The summed E-state index contributed by atoms with van der Waals surface area (Å²) in [5.41, 5.74) is 0. The summed E-state index contributed by atoms with van der Waals surface area (Å²) in [6.07, 6.45) is 0. The molecule has 0 aromatic rings. The van der Waals surface area contributed by atoms with E-state index in [0.29, 0.717) is 38.8 Å². The Balaban J connectivity index is 0.00000420. The Kier molecular flexibility index (Phi) is 11.8. The van der Waals surface area contributed by atoms with Crippen LogP contribution in [0.15, 0.2) is 4.99 Å². The van der Waals surface area contributed by atoms with Crippen LogP contribution in [0.3, 0.4) is 0 Å². The zero-order chi connectivity index (χ0) is 20.5. The van der Waals surface area contributed by atoms with Gasteiger partial charge in [0.25, 0.3) is 0 Å². The largest absolute Gasteiger partial charge is 0.378 e. The molecule has 2 amide bonds. The van der Waals surface area contributed by atoms with Crippen LogP contribution in [0.1, 0.15) is 13.8 Å². The second-order valence-corrected chi connectivity index (χ2v) is 7.96. The van der Waals surface area contributed by atoms with E-state index < -0.39 is 0 Å². The van der Waals surface area contributed by atoms with Gasteiger partial charge in [-0.2, -0.15) is 0 Å². The van der Waals surface area contributed by atoms with Crippen LogP contribution >= 0.6 is 24.0 Å². The van der Waals surface area contributed by atoms with E-state index in [9.17, 15) is 9.59 Å². The highest BCUT2D eigenvalue weighted by molar-refractivity contribution is 14.0.